The minimum Gasteiger partial charge on any atom is -0.497 e. The average molecular weight is 479 g/mol. The molecule has 186 valence electrons. The highest BCUT2D eigenvalue weighted by molar-refractivity contribution is 5.94. The Kier molecular flexibility index (Phi) is 8.23. The summed E-state index contributed by atoms with van der Waals surface area (Å²) in [5, 5.41) is 5.94. The molecule has 0 aromatic heterocycles. The van der Waals surface area contributed by atoms with Crippen LogP contribution in [0.15, 0.2) is 54.6 Å². The number of piperazine rings is 1. The van der Waals surface area contributed by atoms with Gasteiger partial charge >= 0.3 is 6.03 Å². The molecule has 0 bridgehead atoms. The van der Waals surface area contributed by atoms with Crippen LogP contribution in [0.4, 0.5) is 4.79 Å². The van der Waals surface area contributed by atoms with Crippen molar-refractivity contribution >= 4 is 17.8 Å². The smallest absolute Gasteiger partial charge is 0.315 e. The summed E-state index contributed by atoms with van der Waals surface area (Å²) < 4.78 is 5.15. The molecule has 0 spiro atoms. The van der Waals surface area contributed by atoms with Crippen LogP contribution in [0.25, 0.3) is 0 Å². The van der Waals surface area contributed by atoms with E-state index in [1.807, 2.05) is 64.4 Å². The summed E-state index contributed by atoms with van der Waals surface area (Å²) in [6, 6.07) is 16.8. The molecular weight excluding hydrogens is 444 g/mol. The number of rotatable bonds is 6. The summed E-state index contributed by atoms with van der Waals surface area (Å²) in [6.45, 7) is 2.71. The Labute approximate surface area is 206 Å². The molecule has 8 nitrogen and oxygen atoms in total. The highest BCUT2D eigenvalue weighted by Gasteiger charge is 2.32. The van der Waals surface area contributed by atoms with Gasteiger partial charge in [0.1, 0.15) is 5.75 Å². The minimum absolute atomic E-state index is 0.00761. The van der Waals surface area contributed by atoms with Gasteiger partial charge in [0.2, 0.25) is 5.91 Å². The van der Waals surface area contributed by atoms with Gasteiger partial charge in [-0.25, -0.2) is 4.79 Å². The summed E-state index contributed by atoms with van der Waals surface area (Å²) >= 11 is 0. The van der Waals surface area contributed by atoms with E-state index in [2.05, 4.69) is 10.6 Å². The minimum atomic E-state index is -0.185. The van der Waals surface area contributed by atoms with E-state index in [4.69, 9.17) is 4.74 Å². The highest BCUT2D eigenvalue weighted by Crippen LogP contribution is 2.26. The van der Waals surface area contributed by atoms with Crippen molar-refractivity contribution in [3.05, 3.63) is 65.7 Å². The van der Waals surface area contributed by atoms with E-state index < -0.39 is 0 Å². The normalized spacial score (nSPS) is 20.1. The summed E-state index contributed by atoms with van der Waals surface area (Å²) in [6.07, 6.45) is 3.12. The Morgan fingerprint density at radius 2 is 1.49 bits per heavy atom. The lowest BCUT2D eigenvalue weighted by molar-refractivity contribution is -0.138. The second kappa shape index (κ2) is 11.7. The first-order chi connectivity index (χ1) is 17.0. The van der Waals surface area contributed by atoms with Gasteiger partial charge in [-0.3, -0.25) is 9.59 Å². The number of amides is 4. The number of benzene rings is 2. The molecule has 1 heterocycles. The second-order valence-corrected chi connectivity index (χ2v) is 9.21. The number of ether oxygens (including phenoxy) is 1. The lowest BCUT2D eigenvalue weighted by Crippen LogP contribution is -2.52. The molecule has 4 amide bonds. The van der Waals surface area contributed by atoms with Gasteiger partial charge in [-0.1, -0.05) is 30.3 Å². The average Bonchev–Trinajstić information content (AvgIpc) is 2.92. The Hall–Kier alpha value is -3.55. The predicted molar refractivity (Wildman–Crippen MR) is 133 cm³/mol. The molecule has 0 radical (unpaired) electrons. The van der Waals surface area contributed by atoms with Gasteiger partial charge in [-0.15, -0.1) is 0 Å². The molecule has 1 aliphatic carbocycles. The van der Waals surface area contributed by atoms with Crippen molar-refractivity contribution < 1.29 is 19.1 Å². The van der Waals surface area contributed by atoms with Crippen LogP contribution < -0.4 is 15.4 Å². The van der Waals surface area contributed by atoms with Crippen LogP contribution in [0.2, 0.25) is 0 Å². The van der Waals surface area contributed by atoms with Crippen molar-refractivity contribution in [1.82, 2.24) is 20.4 Å². The molecule has 0 atom stereocenters. The van der Waals surface area contributed by atoms with Crippen molar-refractivity contribution in [2.24, 2.45) is 5.92 Å². The standard InChI is InChI=1S/C27H34N4O4/c1-35-24-13-7-20(8-14-24)19-28-27(34)29-23-11-9-22(10-12-23)26(33)31-17-15-30(16-18-31)25(32)21-5-3-2-4-6-21/h2-8,13-14,22-23H,9-12,15-19H2,1H3,(H2,28,29,34). The van der Waals surface area contributed by atoms with Gasteiger partial charge in [0, 0.05) is 50.2 Å². The van der Waals surface area contributed by atoms with Crippen molar-refractivity contribution in [2.45, 2.75) is 38.3 Å². The van der Waals surface area contributed by atoms with Gasteiger partial charge in [-0.2, -0.15) is 0 Å². The summed E-state index contributed by atoms with van der Waals surface area (Å²) in [5.41, 5.74) is 1.69. The van der Waals surface area contributed by atoms with Crippen molar-refractivity contribution in [2.75, 3.05) is 33.3 Å². The first-order valence-corrected chi connectivity index (χ1v) is 12.3. The maximum atomic E-state index is 13.0. The lowest BCUT2D eigenvalue weighted by Gasteiger charge is -2.38. The number of nitrogens with one attached hydrogen (secondary N) is 2. The molecule has 4 rings (SSSR count). The molecule has 35 heavy (non-hydrogen) atoms. The zero-order chi connectivity index (χ0) is 24.6. The molecule has 2 aromatic carbocycles. The molecule has 1 saturated heterocycles. The molecular formula is C27H34N4O4. The highest BCUT2D eigenvalue weighted by atomic mass is 16.5. The van der Waals surface area contributed by atoms with Crippen LogP contribution in [-0.4, -0.2) is 67.0 Å². The monoisotopic (exact) mass is 478 g/mol. The number of carbonyl (C=O) groups excluding carboxylic acids is 3. The van der Waals surface area contributed by atoms with Crippen molar-refractivity contribution in [3.63, 3.8) is 0 Å². The van der Waals surface area contributed by atoms with Crippen LogP contribution in [0.1, 0.15) is 41.6 Å². The largest absolute Gasteiger partial charge is 0.497 e. The van der Waals surface area contributed by atoms with E-state index in [1.54, 1.807) is 7.11 Å². The third kappa shape index (κ3) is 6.53. The summed E-state index contributed by atoms with van der Waals surface area (Å²) in [7, 11) is 1.62. The molecule has 1 aliphatic heterocycles. The Morgan fingerprint density at radius 3 is 2.11 bits per heavy atom. The maximum Gasteiger partial charge on any atom is 0.315 e. The fraction of sp³-hybridized carbons (Fsp3) is 0.444. The van der Waals surface area contributed by atoms with E-state index in [-0.39, 0.29) is 29.8 Å². The lowest BCUT2D eigenvalue weighted by atomic mass is 9.85. The number of hydrogen-bond acceptors (Lipinski definition) is 4. The molecule has 2 fully saturated rings. The molecule has 0 unspecified atom stereocenters. The quantitative estimate of drug-likeness (QED) is 0.668. The number of methoxy groups -OCH3 is 1. The van der Waals surface area contributed by atoms with Crippen LogP contribution in [0, 0.1) is 5.92 Å². The number of carbonyl (C=O) groups is 3. The SMILES string of the molecule is COc1ccc(CNC(=O)NC2CCC(C(=O)N3CCN(C(=O)c4ccccc4)CC3)CC2)cc1. The van der Waals surface area contributed by atoms with Gasteiger partial charge < -0.3 is 25.2 Å². The van der Waals surface area contributed by atoms with Crippen molar-refractivity contribution in [1.29, 1.82) is 0 Å². The number of urea groups is 1. The van der Waals surface area contributed by atoms with E-state index in [0.29, 0.717) is 38.3 Å². The number of hydrogen-bond donors (Lipinski definition) is 2. The summed E-state index contributed by atoms with van der Waals surface area (Å²) in [4.78, 5) is 41.7. The van der Waals surface area contributed by atoms with E-state index >= 15 is 0 Å². The molecule has 2 N–H and O–H groups in total. The van der Waals surface area contributed by atoms with E-state index in [1.165, 1.54) is 0 Å². The van der Waals surface area contributed by atoms with Gasteiger partial charge in [-0.05, 0) is 55.5 Å². The van der Waals surface area contributed by atoms with Crippen LogP contribution in [0.5, 0.6) is 5.75 Å². The first-order valence-electron chi connectivity index (χ1n) is 12.3. The molecule has 2 aromatic rings. The Morgan fingerprint density at radius 1 is 0.857 bits per heavy atom. The molecule has 2 aliphatic rings. The van der Waals surface area contributed by atoms with E-state index in [0.717, 1.165) is 37.0 Å². The van der Waals surface area contributed by atoms with Crippen molar-refractivity contribution in [3.8, 4) is 5.75 Å². The van der Waals surface area contributed by atoms with E-state index in [9.17, 15) is 14.4 Å². The topological polar surface area (TPSA) is 91.0 Å². The first kappa shape index (κ1) is 24.6. The maximum absolute atomic E-state index is 13.0. The zero-order valence-electron chi connectivity index (χ0n) is 20.2. The molecule has 1 saturated carbocycles. The van der Waals surface area contributed by atoms with Gasteiger partial charge in [0.15, 0.2) is 0 Å². The van der Waals surface area contributed by atoms with Gasteiger partial charge in [0.05, 0.1) is 7.11 Å². The molecule has 8 heteroatoms. The predicted octanol–water partition coefficient (Wildman–Crippen LogP) is 3.04. The van der Waals surface area contributed by atoms with Crippen LogP contribution in [0.3, 0.4) is 0 Å². The van der Waals surface area contributed by atoms with Crippen LogP contribution >= 0.6 is 0 Å². The Bertz CT molecular complexity index is 996. The summed E-state index contributed by atoms with van der Waals surface area (Å²) in [5.74, 6) is 0.979. The van der Waals surface area contributed by atoms with Gasteiger partial charge in [0.25, 0.3) is 5.91 Å². The fourth-order valence-corrected chi connectivity index (χ4v) is 4.80. The zero-order valence-corrected chi connectivity index (χ0v) is 20.2. The second-order valence-electron chi connectivity index (χ2n) is 9.21. The number of nitrogens with zero attached hydrogens (tertiary/aromatic N) is 2. The third-order valence-corrected chi connectivity index (χ3v) is 6.92. The van der Waals surface area contributed by atoms with Crippen LogP contribution in [-0.2, 0) is 11.3 Å². The third-order valence-electron chi connectivity index (χ3n) is 6.92. The Balaban J connectivity index is 1.16. The fourth-order valence-electron chi connectivity index (χ4n) is 4.80.